The van der Waals surface area contributed by atoms with E-state index in [0.717, 1.165) is 25.9 Å². The van der Waals surface area contributed by atoms with E-state index in [0.29, 0.717) is 36.2 Å². The number of hydrogen-bond donors (Lipinski definition) is 1. The Kier molecular flexibility index (Phi) is 6.36. The van der Waals surface area contributed by atoms with Crippen LogP contribution in [0.2, 0.25) is 0 Å². The highest BCUT2D eigenvalue weighted by molar-refractivity contribution is 6.00. The van der Waals surface area contributed by atoms with Gasteiger partial charge >= 0.3 is 0 Å². The van der Waals surface area contributed by atoms with Crippen LogP contribution < -0.4 is 14.8 Å². The van der Waals surface area contributed by atoms with Gasteiger partial charge in [0.15, 0.2) is 11.5 Å². The number of nitrogens with one attached hydrogen (secondary N) is 1. The third kappa shape index (κ3) is 4.50. The topological polar surface area (TPSA) is 71.1 Å². The average molecular weight is 404 g/mol. The number of carbonyl (C=O) groups is 2. The molecule has 0 saturated carbocycles. The van der Waals surface area contributed by atoms with Crippen LogP contribution in [0.4, 0.5) is 0 Å². The monoisotopic (exact) mass is 403 g/mol. The second-order valence-corrected chi connectivity index (χ2v) is 8.58. The summed E-state index contributed by atoms with van der Waals surface area (Å²) in [5.74, 6) is 0.884. The lowest BCUT2D eigenvalue weighted by Gasteiger charge is -2.41. The number of amides is 2. The fraction of sp³-hybridized carbons (Fsp3) is 0.636. The van der Waals surface area contributed by atoms with E-state index in [1.165, 1.54) is 0 Å². The Morgan fingerprint density at radius 1 is 1.17 bits per heavy atom. The van der Waals surface area contributed by atoms with Crippen LogP contribution in [0.5, 0.6) is 11.5 Å². The first kappa shape index (κ1) is 21.4. The van der Waals surface area contributed by atoms with Gasteiger partial charge in [-0.15, -0.1) is 0 Å². The lowest BCUT2D eigenvalue weighted by molar-refractivity contribution is -0.133. The molecule has 0 atom stereocenters. The van der Waals surface area contributed by atoms with E-state index in [1.54, 1.807) is 44.1 Å². The molecule has 29 heavy (non-hydrogen) atoms. The summed E-state index contributed by atoms with van der Waals surface area (Å²) < 4.78 is 11.7. The zero-order chi connectivity index (χ0) is 21.2. The highest BCUT2D eigenvalue weighted by Gasteiger charge is 2.40. The molecule has 0 bridgehead atoms. The van der Waals surface area contributed by atoms with E-state index in [1.807, 2.05) is 0 Å². The zero-order valence-corrected chi connectivity index (χ0v) is 18.2. The standard InChI is InChI=1S/C22H33N3O4/c1-15(2)24-11-8-17(9-12-24)29-19-14-16(6-7-18(19)28-5)20(26)25-13-10-23-21(27)22(25,3)4/h6-7,14-15,17H,8-13H2,1-5H3,(H,23,27). The predicted octanol–water partition coefficient (Wildman–Crippen LogP) is 2.30. The Labute approximate surface area is 173 Å². The van der Waals surface area contributed by atoms with Gasteiger partial charge in [0, 0.05) is 37.8 Å². The van der Waals surface area contributed by atoms with Crippen molar-refractivity contribution in [3.05, 3.63) is 23.8 Å². The van der Waals surface area contributed by atoms with Gasteiger partial charge in [-0.3, -0.25) is 9.59 Å². The van der Waals surface area contributed by atoms with Crippen molar-refractivity contribution in [2.24, 2.45) is 0 Å². The Morgan fingerprint density at radius 3 is 2.48 bits per heavy atom. The fourth-order valence-electron chi connectivity index (χ4n) is 4.00. The number of likely N-dealkylation sites (tertiary alicyclic amines) is 1. The molecule has 0 radical (unpaired) electrons. The molecule has 0 aromatic heterocycles. The average Bonchev–Trinajstić information content (AvgIpc) is 2.70. The molecule has 2 aliphatic rings. The first-order valence-electron chi connectivity index (χ1n) is 10.4. The Hall–Kier alpha value is -2.28. The van der Waals surface area contributed by atoms with Crippen molar-refractivity contribution < 1.29 is 19.1 Å². The maximum atomic E-state index is 13.2. The maximum Gasteiger partial charge on any atom is 0.254 e. The molecule has 0 spiro atoms. The van der Waals surface area contributed by atoms with Crippen LogP contribution in [0.1, 0.15) is 50.9 Å². The summed E-state index contributed by atoms with van der Waals surface area (Å²) in [4.78, 5) is 29.4. The maximum absolute atomic E-state index is 13.2. The molecule has 2 saturated heterocycles. The number of nitrogens with zero attached hydrogens (tertiary/aromatic N) is 2. The molecule has 160 valence electrons. The number of piperidine rings is 1. The number of rotatable bonds is 5. The Balaban J connectivity index is 1.77. The van der Waals surface area contributed by atoms with Gasteiger partial charge in [0.25, 0.3) is 5.91 Å². The van der Waals surface area contributed by atoms with E-state index >= 15 is 0 Å². The van der Waals surface area contributed by atoms with Crippen LogP contribution >= 0.6 is 0 Å². The molecule has 2 heterocycles. The minimum atomic E-state index is -0.889. The van der Waals surface area contributed by atoms with Crippen molar-refractivity contribution in [3.8, 4) is 11.5 Å². The SMILES string of the molecule is COc1ccc(C(=O)N2CCNC(=O)C2(C)C)cc1OC1CCN(C(C)C)CC1. The molecule has 0 aliphatic carbocycles. The number of methoxy groups -OCH3 is 1. The molecular weight excluding hydrogens is 370 g/mol. The van der Waals surface area contributed by atoms with Crippen molar-refractivity contribution in [1.29, 1.82) is 0 Å². The zero-order valence-electron chi connectivity index (χ0n) is 18.2. The predicted molar refractivity (Wildman–Crippen MR) is 111 cm³/mol. The molecule has 7 heteroatoms. The van der Waals surface area contributed by atoms with Crippen LogP contribution in [-0.4, -0.2) is 72.6 Å². The lowest BCUT2D eigenvalue weighted by atomic mass is 9.97. The van der Waals surface area contributed by atoms with E-state index < -0.39 is 5.54 Å². The third-order valence-corrected chi connectivity index (χ3v) is 6.01. The van der Waals surface area contributed by atoms with Gasteiger partial charge in [0.2, 0.25) is 5.91 Å². The van der Waals surface area contributed by atoms with Crippen LogP contribution in [0.25, 0.3) is 0 Å². The van der Waals surface area contributed by atoms with Gasteiger partial charge in [0.1, 0.15) is 11.6 Å². The summed E-state index contributed by atoms with van der Waals surface area (Å²) in [5, 5.41) is 2.82. The van der Waals surface area contributed by atoms with Crippen LogP contribution in [0.15, 0.2) is 18.2 Å². The van der Waals surface area contributed by atoms with E-state index in [2.05, 4.69) is 24.1 Å². The van der Waals surface area contributed by atoms with Gasteiger partial charge in [-0.2, -0.15) is 0 Å². The molecule has 1 aromatic carbocycles. The summed E-state index contributed by atoms with van der Waals surface area (Å²) in [6.07, 6.45) is 1.99. The number of piperazine rings is 1. The lowest BCUT2D eigenvalue weighted by Crippen LogP contribution is -2.63. The van der Waals surface area contributed by atoms with Gasteiger partial charge in [-0.1, -0.05) is 0 Å². The summed E-state index contributed by atoms with van der Waals surface area (Å²) in [5.41, 5.74) is -0.386. The number of ether oxygens (including phenoxy) is 2. The number of carbonyl (C=O) groups excluding carboxylic acids is 2. The quantitative estimate of drug-likeness (QED) is 0.817. The molecular formula is C22H33N3O4. The van der Waals surface area contributed by atoms with Crippen molar-refractivity contribution >= 4 is 11.8 Å². The fourth-order valence-corrected chi connectivity index (χ4v) is 4.00. The van der Waals surface area contributed by atoms with Crippen molar-refractivity contribution in [1.82, 2.24) is 15.1 Å². The van der Waals surface area contributed by atoms with Gasteiger partial charge in [0.05, 0.1) is 7.11 Å². The van der Waals surface area contributed by atoms with Crippen molar-refractivity contribution in [3.63, 3.8) is 0 Å². The third-order valence-electron chi connectivity index (χ3n) is 6.01. The summed E-state index contributed by atoms with van der Waals surface area (Å²) >= 11 is 0. The minimum Gasteiger partial charge on any atom is -0.493 e. The molecule has 0 unspecified atom stereocenters. The second kappa shape index (κ2) is 8.61. The molecule has 1 aromatic rings. The minimum absolute atomic E-state index is 0.0986. The summed E-state index contributed by atoms with van der Waals surface area (Å²) in [7, 11) is 1.60. The molecule has 3 rings (SSSR count). The molecule has 2 amide bonds. The van der Waals surface area contributed by atoms with Crippen molar-refractivity contribution in [2.75, 3.05) is 33.3 Å². The Bertz CT molecular complexity index is 754. The highest BCUT2D eigenvalue weighted by atomic mass is 16.5. The van der Waals surface area contributed by atoms with E-state index in [9.17, 15) is 9.59 Å². The van der Waals surface area contributed by atoms with Gasteiger partial charge in [-0.25, -0.2) is 0 Å². The van der Waals surface area contributed by atoms with Crippen LogP contribution in [0.3, 0.4) is 0 Å². The van der Waals surface area contributed by atoms with Gasteiger partial charge < -0.3 is 24.6 Å². The molecule has 7 nitrogen and oxygen atoms in total. The largest absolute Gasteiger partial charge is 0.493 e. The first-order valence-corrected chi connectivity index (χ1v) is 10.4. The van der Waals surface area contributed by atoms with Crippen LogP contribution in [-0.2, 0) is 4.79 Å². The Morgan fingerprint density at radius 2 is 1.86 bits per heavy atom. The summed E-state index contributed by atoms with van der Waals surface area (Å²) in [6, 6.07) is 5.79. The second-order valence-electron chi connectivity index (χ2n) is 8.58. The van der Waals surface area contributed by atoms with Crippen molar-refractivity contribution in [2.45, 2.75) is 58.2 Å². The highest BCUT2D eigenvalue weighted by Crippen LogP contribution is 2.32. The normalized spacial score (nSPS) is 20.5. The first-order chi connectivity index (χ1) is 13.7. The molecule has 1 N–H and O–H groups in total. The smallest absolute Gasteiger partial charge is 0.254 e. The van der Waals surface area contributed by atoms with E-state index in [-0.39, 0.29) is 17.9 Å². The van der Waals surface area contributed by atoms with Gasteiger partial charge in [-0.05, 0) is 58.7 Å². The number of hydrogen-bond acceptors (Lipinski definition) is 5. The number of benzene rings is 1. The molecule has 2 fully saturated rings. The van der Waals surface area contributed by atoms with Crippen LogP contribution in [0, 0.1) is 0 Å². The van der Waals surface area contributed by atoms with E-state index in [4.69, 9.17) is 9.47 Å². The molecule has 2 aliphatic heterocycles. The summed E-state index contributed by atoms with van der Waals surface area (Å²) in [6.45, 7) is 10.9.